The fourth-order valence-electron chi connectivity index (χ4n) is 1.73. The molecule has 1 aromatic heterocycles. The lowest BCUT2D eigenvalue weighted by atomic mass is 10.0. The van der Waals surface area contributed by atoms with Crippen molar-refractivity contribution in [3.8, 4) is 0 Å². The van der Waals surface area contributed by atoms with Crippen LogP contribution in [0.4, 0.5) is 0 Å². The van der Waals surface area contributed by atoms with E-state index < -0.39 is 0 Å². The number of imidazole rings is 1. The van der Waals surface area contributed by atoms with Gasteiger partial charge in [0.15, 0.2) is 0 Å². The van der Waals surface area contributed by atoms with Crippen LogP contribution in [0, 0.1) is 0 Å². The number of nitrogens with zero attached hydrogens (tertiary/aromatic N) is 2. The number of aromatic nitrogens is 2. The summed E-state index contributed by atoms with van der Waals surface area (Å²) < 4.78 is 2.24. The van der Waals surface area contributed by atoms with Crippen LogP contribution in [0.25, 0.3) is 0 Å². The Labute approximate surface area is 72.9 Å². The SMILES string of the molecule is CC/C=C1\CCn2ccnc2C1. The third-order valence-corrected chi connectivity index (χ3v) is 2.35. The first kappa shape index (κ1) is 7.59. The number of allylic oxidation sites excluding steroid dienone is 2. The lowest BCUT2D eigenvalue weighted by molar-refractivity contribution is 0.601. The van der Waals surface area contributed by atoms with E-state index in [1.807, 2.05) is 6.20 Å². The Balaban J connectivity index is 2.20. The molecule has 0 fully saturated rings. The van der Waals surface area contributed by atoms with Gasteiger partial charge in [-0.2, -0.15) is 0 Å². The molecule has 0 atom stereocenters. The average Bonchev–Trinajstić information content (AvgIpc) is 2.51. The maximum atomic E-state index is 4.31. The third-order valence-electron chi connectivity index (χ3n) is 2.35. The zero-order chi connectivity index (χ0) is 8.39. The lowest BCUT2D eigenvalue weighted by Gasteiger charge is -2.16. The topological polar surface area (TPSA) is 17.8 Å². The number of aryl methyl sites for hydroxylation is 1. The molecule has 0 saturated carbocycles. The first-order valence-electron chi connectivity index (χ1n) is 4.58. The van der Waals surface area contributed by atoms with Crippen LogP contribution in [-0.2, 0) is 13.0 Å². The molecule has 2 heterocycles. The van der Waals surface area contributed by atoms with Gasteiger partial charge in [0.05, 0.1) is 0 Å². The van der Waals surface area contributed by atoms with Gasteiger partial charge in [0.1, 0.15) is 5.82 Å². The second-order valence-electron chi connectivity index (χ2n) is 3.23. The van der Waals surface area contributed by atoms with Crippen molar-refractivity contribution in [1.82, 2.24) is 9.55 Å². The van der Waals surface area contributed by atoms with Crippen molar-refractivity contribution in [2.45, 2.75) is 32.7 Å². The molecule has 0 spiro atoms. The van der Waals surface area contributed by atoms with Gasteiger partial charge in [0.2, 0.25) is 0 Å². The molecule has 0 bridgehead atoms. The summed E-state index contributed by atoms with van der Waals surface area (Å²) in [6.45, 7) is 3.30. The fraction of sp³-hybridized carbons (Fsp3) is 0.500. The zero-order valence-corrected chi connectivity index (χ0v) is 7.45. The smallest absolute Gasteiger partial charge is 0.112 e. The molecule has 1 aliphatic heterocycles. The maximum absolute atomic E-state index is 4.31. The van der Waals surface area contributed by atoms with E-state index in [-0.39, 0.29) is 0 Å². The summed E-state index contributed by atoms with van der Waals surface area (Å²) in [5, 5.41) is 0. The summed E-state index contributed by atoms with van der Waals surface area (Å²) in [6.07, 6.45) is 9.70. The summed E-state index contributed by atoms with van der Waals surface area (Å²) in [7, 11) is 0. The van der Waals surface area contributed by atoms with Crippen LogP contribution < -0.4 is 0 Å². The molecule has 0 radical (unpaired) electrons. The van der Waals surface area contributed by atoms with Crippen molar-refractivity contribution in [3.05, 3.63) is 29.9 Å². The van der Waals surface area contributed by atoms with Gasteiger partial charge in [-0.15, -0.1) is 0 Å². The second kappa shape index (κ2) is 3.13. The molecule has 1 aliphatic rings. The molecule has 64 valence electrons. The Morgan fingerprint density at radius 2 is 2.58 bits per heavy atom. The van der Waals surface area contributed by atoms with Gasteiger partial charge in [-0.1, -0.05) is 18.6 Å². The molecule has 2 heteroatoms. The molecule has 0 saturated heterocycles. The molecule has 0 unspecified atom stereocenters. The molecule has 2 nitrogen and oxygen atoms in total. The van der Waals surface area contributed by atoms with E-state index in [0.717, 1.165) is 19.4 Å². The normalized spacial score (nSPS) is 19.6. The molecular formula is C10H14N2. The molecule has 0 aliphatic carbocycles. The predicted octanol–water partition coefficient (Wildman–Crippen LogP) is 2.17. The zero-order valence-electron chi connectivity index (χ0n) is 7.45. The number of rotatable bonds is 1. The minimum Gasteiger partial charge on any atom is -0.334 e. The Bertz CT molecular complexity index is 297. The largest absolute Gasteiger partial charge is 0.334 e. The van der Waals surface area contributed by atoms with Crippen molar-refractivity contribution in [2.24, 2.45) is 0 Å². The second-order valence-corrected chi connectivity index (χ2v) is 3.23. The van der Waals surface area contributed by atoms with E-state index in [1.165, 1.54) is 12.2 Å². The highest BCUT2D eigenvalue weighted by molar-refractivity contribution is 5.14. The van der Waals surface area contributed by atoms with E-state index in [4.69, 9.17) is 0 Å². The third kappa shape index (κ3) is 1.29. The van der Waals surface area contributed by atoms with Crippen molar-refractivity contribution in [2.75, 3.05) is 0 Å². The van der Waals surface area contributed by atoms with Crippen LogP contribution in [0.5, 0.6) is 0 Å². The van der Waals surface area contributed by atoms with Gasteiger partial charge >= 0.3 is 0 Å². The Morgan fingerprint density at radius 1 is 1.67 bits per heavy atom. The van der Waals surface area contributed by atoms with Crippen LogP contribution in [0.15, 0.2) is 24.0 Å². The van der Waals surface area contributed by atoms with Gasteiger partial charge in [-0.25, -0.2) is 4.98 Å². The van der Waals surface area contributed by atoms with Crippen molar-refractivity contribution in [1.29, 1.82) is 0 Å². The maximum Gasteiger partial charge on any atom is 0.112 e. The van der Waals surface area contributed by atoms with Crippen LogP contribution in [0.2, 0.25) is 0 Å². The highest BCUT2D eigenvalue weighted by atomic mass is 15.1. The van der Waals surface area contributed by atoms with Crippen LogP contribution in [0.3, 0.4) is 0 Å². The Morgan fingerprint density at radius 3 is 3.42 bits per heavy atom. The summed E-state index contributed by atoms with van der Waals surface area (Å²) in [5.74, 6) is 1.22. The molecule has 2 rings (SSSR count). The highest BCUT2D eigenvalue weighted by Crippen LogP contribution is 2.18. The van der Waals surface area contributed by atoms with E-state index in [1.54, 1.807) is 5.57 Å². The molecule has 1 aromatic rings. The average molecular weight is 162 g/mol. The first-order chi connectivity index (χ1) is 5.90. The monoisotopic (exact) mass is 162 g/mol. The van der Waals surface area contributed by atoms with Crippen LogP contribution in [0.1, 0.15) is 25.6 Å². The van der Waals surface area contributed by atoms with Crippen LogP contribution >= 0.6 is 0 Å². The number of hydrogen-bond donors (Lipinski definition) is 0. The molecule has 0 amide bonds. The lowest BCUT2D eigenvalue weighted by Crippen LogP contribution is -2.11. The van der Waals surface area contributed by atoms with Gasteiger partial charge in [-0.3, -0.25) is 0 Å². The van der Waals surface area contributed by atoms with E-state index in [9.17, 15) is 0 Å². The Hall–Kier alpha value is -1.05. The first-order valence-corrected chi connectivity index (χ1v) is 4.58. The summed E-state index contributed by atoms with van der Waals surface area (Å²) >= 11 is 0. The number of hydrogen-bond acceptors (Lipinski definition) is 1. The minimum absolute atomic E-state index is 1.06. The summed E-state index contributed by atoms with van der Waals surface area (Å²) in [5.41, 5.74) is 1.55. The molecule has 0 N–H and O–H groups in total. The van der Waals surface area contributed by atoms with E-state index in [0.29, 0.717) is 0 Å². The highest BCUT2D eigenvalue weighted by Gasteiger charge is 2.11. The summed E-state index contributed by atoms with van der Waals surface area (Å²) in [4.78, 5) is 4.31. The van der Waals surface area contributed by atoms with Gasteiger partial charge in [-0.05, 0) is 12.8 Å². The molecule has 0 aromatic carbocycles. The van der Waals surface area contributed by atoms with Gasteiger partial charge in [0, 0.05) is 25.4 Å². The minimum atomic E-state index is 1.06. The van der Waals surface area contributed by atoms with Crippen molar-refractivity contribution < 1.29 is 0 Å². The number of fused-ring (bicyclic) bond motifs is 1. The van der Waals surface area contributed by atoms with E-state index in [2.05, 4.69) is 28.7 Å². The fourth-order valence-corrected chi connectivity index (χ4v) is 1.73. The molecular weight excluding hydrogens is 148 g/mol. The summed E-state index contributed by atoms with van der Waals surface area (Å²) in [6, 6.07) is 0. The quantitative estimate of drug-likeness (QED) is 0.579. The van der Waals surface area contributed by atoms with Gasteiger partial charge in [0.25, 0.3) is 0 Å². The van der Waals surface area contributed by atoms with Crippen molar-refractivity contribution in [3.63, 3.8) is 0 Å². The van der Waals surface area contributed by atoms with E-state index >= 15 is 0 Å². The molecule has 12 heavy (non-hydrogen) atoms. The predicted molar refractivity (Wildman–Crippen MR) is 48.9 cm³/mol. The van der Waals surface area contributed by atoms with Crippen molar-refractivity contribution >= 4 is 0 Å². The standard InChI is InChI=1S/C10H14N2/c1-2-3-9-4-6-12-7-5-11-10(12)8-9/h3,5,7H,2,4,6,8H2,1H3/b9-3+. The van der Waals surface area contributed by atoms with Gasteiger partial charge < -0.3 is 4.57 Å². The Kier molecular flexibility index (Phi) is 1.98. The van der Waals surface area contributed by atoms with Crippen LogP contribution in [-0.4, -0.2) is 9.55 Å².